The number of hydrogen-bond donors (Lipinski definition) is 0. The van der Waals surface area contributed by atoms with Gasteiger partial charge in [-0.3, -0.25) is 0 Å². The van der Waals surface area contributed by atoms with Gasteiger partial charge in [0.2, 0.25) is 0 Å². The van der Waals surface area contributed by atoms with Crippen LogP contribution in [0.4, 0.5) is 0 Å². The zero-order valence-corrected chi connectivity index (χ0v) is 6.65. The fourth-order valence-corrected chi connectivity index (χ4v) is 1.22. The molecule has 0 bridgehead atoms. The fourth-order valence-electron chi connectivity index (χ4n) is 1.03. The molecule has 0 atom stereocenters. The van der Waals surface area contributed by atoms with E-state index in [9.17, 15) is 0 Å². The molecule has 0 radical (unpaired) electrons. The Bertz CT molecular complexity index is 384. The van der Waals surface area contributed by atoms with E-state index in [1.165, 1.54) is 0 Å². The van der Waals surface area contributed by atoms with Crippen LogP contribution >= 0.6 is 0 Å². The van der Waals surface area contributed by atoms with E-state index in [0.717, 1.165) is 10.9 Å². The third-order valence-electron chi connectivity index (χ3n) is 1.54. The molecule has 0 unspecified atom stereocenters. The second kappa shape index (κ2) is 2.65. The molecule has 2 aromatic rings. The third-order valence-corrected chi connectivity index (χ3v) is 1.81. The number of rotatable bonds is 0. The number of nitrogens with zero attached hydrogens (tertiary/aromatic N) is 1. The van der Waals surface area contributed by atoms with Crippen LogP contribution in [-0.2, 0) is 16.0 Å². The minimum absolute atomic E-state index is 0.635. The van der Waals surface area contributed by atoms with Gasteiger partial charge < -0.3 is 0 Å². The average molecular weight is 192 g/mol. The fraction of sp³-hybridized carbons (Fsp3) is 0. The molecule has 0 N–H and O–H groups in total. The van der Waals surface area contributed by atoms with Gasteiger partial charge in [-0.2, -0.15) is 0 Å². The molecule has 2 rings (SSSR count). The molecule has 0 aliphatic rings. The number of fused-ring (bicyclic) bond motifs is 1. The predicted molar refractivity (Wildman–Crippen MR) is 41.4 cm³/mol. The quantitative estimate of drug-likeness (QED) is 0.574. The molecule has 0 saturated carbocycles. The van der Waals surface area contributed by atoms with E-state index in [2.05, 4.69) is 4.98 Å². The van der Waals surface area contributed by atoms with Gasteiger partial charge in [-0.15, -0.1) is 0 Å². The van der Waals surface area contributed by atoms with E-state index in [-0.39, 0.29) is 0 Å². The molecular formula is C9H6CuN. The SMILES string of the molecule is [Cu][c]1ccc2ccccc2n1. The van der Waals surface area contributed by atoms with Crippen molar-refractivity contribution in [3.63, 3.8) is 0 Å². The van der Waals surface area contributed by atoms with Crippen LogP contribution in [0.1, 0.15) is 0 Å². The Kier molecular flexibility index (Phi) is 1.65. The average Bonchev–Trinajstić information content (AvgIpc) is 2.04. The normalized spacial score (nSPS) is 10.4. The van der Waals surface area contributed by atoms with Crippen molar-refractivity contribution in [2.45, 2.75) is 0 Å². The van der Waals surface area contributed by atoms with Crippen molar-refractivity contribution in [1.82, 2.24) is 4.98 Å². The van der Waals surface area contributed by atoms with Gasteiger partial charge >= 0.3 is 72.9 Å². The Hall–Kier alpha value is -0.851. The van der Waals surface area contributed by atoms with E-state index in [1.807, 2.05) is 36.4 Å². The molecule has 1 heterocycles. The Labute approximate surface area is 73.3 Å². The first-order valence-corrected chi connectivity index (χ1v) is 3.81. The summed E-state index contributed by atoms with van der Waals surface area (Å²) in [6.45, 7) is 0. The summed E-state index contributed by atoms with van der Waals surface area (Å²) in [6.07, 6.45) is 0. The first kappa shape index (κ1) is 6.83. The monoisotopic (exact) mass is 191 g/mol. The topological polar surface area (TPSA) is 12.9 Å². The maximum atomic E-state index is 5.07. The Morgan fingerprint density at radius 3 is 2.73 bits per heavy atom. The van der Waals surface area contributed by atoms with Crippen LogP contribution < -0.4 is 4.59 Å². The predicted octanol–water partition coefficient (Wildman–Crippen LogP) is 1.41. The van der Waals surface area contributed by atoms with E-state index in [0.29, 0.717) is 4.59 Å². The van der Waals surface area contributed by atoms with E-state index in [4.69, 9.17) is 16.0 Å². The molecule has 0 saturated heterocycles. The van der Waals surface area contributed by atoms with Crippen LogP contribution in [0, 0.1) is 0 Å². The van der Waals surface area contributed by atoms with Gasteiger partial charge in [-0.1, -0.05) is 0 Å². The summed E-state index contributed by atoms with van der Waals surface area (Å²) in [6, 6.07) is 11.8. The zero-order chi connectivity index (χ0) is 7.68. The van der Waals surface area contributed by atoms with Crippen molar-refractivity contribution < 1.29 is 16.0 Å². The summed E-state index contributed by atoms with van der Waals surface area (Å²) in [7, 11) is 0. The number of para-hydroxylation sites is 1. The Morgan fingerprint density at radius 1 is 1.00 bits per heavy atom. The van der Waals surface area contributed by atoms with Crippen molar-refractivity contribution in [2.75, 3.05) is 0 Å². The first-order valence-electron chi connectivity index (χ1n) is 3.34. The molecular weight excluding hydrogens is 186 g/mol. The zero-order valence-electron chi connectivity index (χ0n) is 5.71. The molecule has 0 aliphatic heterocycles. The molecule has 0 aliphatic carbocycles. The van der Waals surface area contributed by atoms with Crippen LogP contribution in [0.15, 0.2) is 36.4 Å². The molecule has 1 aromatic carbocycles. The van der Waals surface area contributed by atoms with Gasteiger partial charge in [0, 0.05) is 0 Å². The number of hydrogen-bond acceptors (Lipinski definition) is 1. The second-order valence-corrected chi connectivity index (χ2v) is 2.77. The van der Waals surface area contributed by atoms with Gasteiger partial charge in [-0.25, -0.2) is 0 Å². The van der Waals surface area contributed by atoms with Gasteiger partial charge in [0.05, 0.1) is 0 Å². The van der Waals surface area contributed by atoms with Crippen LogP contribution in [0.25, 0.3) is 10.9 Å². The van der Waals surface area contributed by atoms with Gasteiger partial charge in [0.15, 0.2) is 0 Å². The summed E-state index contributed by atoms with van der Waals surface area (Å²) in [5.74, 6) is 0. The van der Waals surface area contributed by atoms with E-state index < -0.39 is 0 Å². The van der Waals surface area contributed by atoms with Gasteiger partial charge in [0.1, 0.15) is 0 Å². The van der Waals surface area contributed by atoms with E-state index in [1.54, 1.807) is 0 Å². The molecule has 0 fully saturated rings. The number of aromatic nitrogens is 1. The second-order valence-electron chi connectivity index (χ2n) is 2.29. The third kappa shape index (κ3) is 1.28. The summed E-state index contributed by atoms with van der Waals surface area (Å²) >= 11 is 5.07. The summed E-state index contributed by atoms with van der Waals surface area (Å²) < 4.78 is 0.635. The molecule has 0 spiro atoms. The van der Waals surface area contributed by atoms with Crippen molar-refractivity contribution in [3.05, 3.63) is 36.4 Å². The Morgan fingerprint density at radius 2 is 1.82 bits per heavy atom. The van der Waals surface area contributed by atoms with Crippen molar-refractivity contribution in [2.24, 2.45) is 0 Å². The standard InChI is InChI=1S/C9H6N.Cu/c1-2-6-9-8(4-1)5-3-7-10-9;/h1-6H;. The summed E-state index contributed by atoms with van der Waals surface area (Å²) in [5.41, 5.74) is 0.967. The number of pyridine rings is 1. The maximum absolute atomic E-state index is 5.07. The summed E-state index contributed by atoms with van der Waals surface area (Å²) in [5, 5.41) is 1.14. The van der Waals surface area contributed by atoms with Crippen LogP contribution in [0.2, 0.25) is 0 Å². The first-order chi connectivity index (χ1) is 5.36. The van der Waals surface area contributed by atoms with Crippen LogP contribution in [0.3, 0.4) is 0 Å². The molecule has 1 aromatic heterocycles. The molecule has 58 valence electrons. The van der Waals surface area contributed by atoms with Crippen molar-refractivity contribution >= 4 is 15.5 Å². The van der Waals surface area contributed by atoms with Crippen molar-refractivity contribution in [1.29, 1.82) is 0 Å². The molecule has 2 heteroatoms. The van der Waals surface area contributed by atoms with Crippen molar-refractivity contribution in [3.8, 4) is 0 Å². The van der Waals surface area contributed by atoms with E-state index >= 15 is 0 Å². The minimum atomic E-state index is 0.635. The molecule has 1 nitrogen and oxygen atoms in total. The number of benzene rings is 1. The summed E-state index contributed by atoms with van der Waals surface area (Å²) in [4.78, 5) is 4.18. The Balaban J connectivity index is 2.83. The van der Waals surface area contributed by atoms with Crippen LogP contribution in [0.5, 0.6) is 0 Å². The van der Waals surface area contributed by atoms with Gasteiger partial charge in [0.25, 0.3) is 0 Å². The molecule has 0 amide bonds. The van der Waals surface area contributed by atoms with Crippen LogP contribution in [-0.4, -0.2) is 4.98 Å². The van der Waals surface area contributed by atoms with Gasteiger partial charge in [-0.05, 0) is 0 Å². The molecule has 11 heavy (non-hydrogen) atoms.